The molecule has 94 valence electrons. The molecule has 0 aliphatic heterocycles. The normalized spacial score (nSPS) is 14.1. The molecule has 0 spiro atoms. The molecule has 0 aliphatic carbocycles. The van der Waals surface area contributed by atoms with Gasteiger partial charge in [-0.2, -0.15) is 0 Å². The predicted molar refractivity (Wildman–Crippen MR) is 64.2 cm³/mol. The van der Waals surface area contributed by atoms with Crippen molar-refractivity contribution >= 4 is 5.97 Å². The van der Waals surface area contributed by atoms with Crippen LogP contribution in [0.2, 0.25) is 0 Å². The van der Waals surface area contributed by atoms with Crippen molar-refractivity contribution in [1.82, 2.24) is 0 Å². The number of hydrogen-bond donors (Lipinski definition) is 1. The van der Waals surface area contributed by atoms with E-state index < -0.39 is 11.6 Å². The lowest BCUT2D eigenvalue weighted by atomic mass is 9.95. The largest absolute Gasteiger partial charge is 0.493 e. The Kier molecular flexibility index (Phi) is 4.52. The number of hydrogen-bond acceptors (Lipinski definition) is 3. The standard InChI is InChI=1S/C13H18O4/c1-4-16-11-9-7-6-8-10(11)13(3,12(14)15)17-5-2/h6-9H,4-5H2,1-3H3,(H,14,15)/t13-/m0/s1. The first-order chi connectivity index (χ1) is 8.06. The zero-order valence-corrected chi connectivity index (χ0v) is 10.4. The second-order valence-electron chi connectivity index (χ2n) is 3.70. The Labute approximate surface area is 101 Å². The molecule has 1 N–H and O–H groups in total. The van der Waals surface area contributed by atoms with Gasteiger partial charge in [0.25, 0.3) is 0 Å². The Morgan fingerprint density at radius 3 is 2.47 bits per heavy atom. The maximum atomic E-state index is 11.4. The monoisotopic (exact) mass is 238 g/mol. The third-order valence-electron chi connectivity index (χ3n) is 2.54. The van der Waals surface area contributed by atoms with Crippen LogP contribution >= 0.6 is 0 Å². The molecule has 4 heteroatoms. The molecule has 1 aromatic rings. The van der Waals surface area contributed by atoms with E-state index in [4.69, 9.17) is 9.47 Å². The summed E-state index contributed by atoms with van der Waals surface area (Å²) in [6.45, 7) is 5.97. The summed E-state index contributed by atoms with van der Waals surface area (Å²) in [4.78, 5) is 11.4. The lowest BCUT2D eigenvalue weighted by molar-refractivity contribution is -0.164. The Bertz CT molecular complexity index is 389. The van der Waals surface area contributed by atoms with Crippen LogP contribution in [0.1, 0.15) is 26.3 Å². The second-order valence-corrected chi connectivity index (χ2v) is 3.70. The molecule has 0 bridgehead atoms. The smallest absolute Gasteiger partial charge is 0.340 e. The maximum absolute atomic E-state index is 11.4. The Hall–Kier alpha value is -1.55. The number of ether oxygens (including phenoxy) is 2. The predicted octanol–water partition coefficient (Wildman–Crippen LogP) is 2.42. The molecule has 0 heterocycles. The first-order valence-electron chi connectivity index (χ1n) is 5.65. The van der Waals surface area contributed by atoms with Crippen LogP contribution in [-0.4, -0.2) is 24.3 Å². The van der Waals surface area contributed by atoms with E-state index in [1.165, 1.54) is 6.92 Å². The van der Waals surface area contributed by atoms with Gasteiger partial charge in [0, 0.05) is 12.2 Å². The second kappa shape index (κ2) is 5.68. The highest BCUT2D eigenvalue weighted by Crippen LogP contribution is 2.33. The van der Waals surface area contributed by atoms with Gasteiger partial charge in [-0.15, -0.1) is 0 Å². The van der Waals surface area contributed by atoms with Crippen molar-refractivity contribution in [2.75, 3.05) is 13.2 Å². The fourth-order valence-corrected chi connectivity index (χ4v) is 1.69. The van der Waals surface area contributed by atoms with Crippen molar-refractivity contribution in [3.05, 3.63) is 29.8 Å². The molecular formula is C13H18O4. The zero-order valence-electron chi connectivity index (χ0n) is 10.4. The topological polar surface area (TPSA) is 55.8 Å². The number of benzene rings is 1. The Morgan fingerprint density at radius 2 is 1.94 bits per heavy atom. The quantitative estimate of drug-likeness (QED) is 0.827. The molecule has 0 saturated heterocycles. The van der Waals surface area contributed by atoms with Crippen molar-refractivity contribution in [3.63, 3.8) is 0 Å². The van der Waals surface area contributed by atoms with Crippen LogP contribution in [-0.2, 0) is 15.1 Å². The van der Waals surface area contributed by atoms with Gasteiger partial charge in [0.05, 0.1) is 6.61 Å². The summed E-state index contributed by atoms with van der Waals surface area (Å²) in [5.41, 5.74) is -0.836. The van der Waals surface area contributed by atoms with E-state index in [-0.39, 0.29) is 0 Å². The molecule has 0 amide bonds. The molecule has 1 rings (SSSR count). The van der Waals surface area contributed by atoms with Gasteiger partial charge in [-0.3, -0.25) is 0 Å². The molecule has 0 unspecified atom stereocenters. The number of rotatable bonds is 6. The fraction of sp³-hybridized carbons (Fsp3) is 0.462. The zero-order chi connectivity index (χ0) is 12.9. The van der Waals surface area contributed by atoms with Gasteiger partial charge in [-0.05, 0) is 26.8 Å². The van der Waals surface area contributed by atoms with Crippen molar-refractivity contribution in [2.45, 2.75) is 26.4 Å². The van der Waals surface area contributed by atoms with E-state index in [9.17, 15) is 9.90 Å². The molecular weight excluding hydrogens is 220 g/mol. The molecule has 0 fully saturated rings. The van der Waals surface area contributed by atoms with Gasteiger partial charge in [0.15, 0.2) is 5.60 Å². The average molecular weight is 238 g/mol. The molecule has 0 saturated carbocycles. The van der Waals surface area contributed by atoms with Crippen LogP contribution < -0.4 is 4.74 Å². The number of para-hydroxylation sites is 1. The van der Waals surface area contributed by atoms with Crippen LogP contribution in [0.15, 0.2) is 24.3 Å². The highest BCUT2D eigenvalue weighted by Gasteiger charge is 2.38. The first-order valence-corrected chi connectivity index (χ1v) is 5.65. The van der Waals surface area contributed by atoms with E-state index in [1.54, 1.807) is 25.1 Å². The third kappa shape index (κ3) is 2.77. The lowest BCUT2D eigenvalue weighted by Gasteiger charge is -2.27. The highest BCUT2D eigenvalue weighted by molar-refractivity contribution is 5.80. The van der Waals surface area contributed by atoms with E-state index >= 15 is 0 Å². The van der Waals surface area contributed by atoms with Crippen LogP contribution in [0.25, 0.3) is 0 Å². The minimum atomic E-state index is -1.37. The number of carboxylic acids is 1. The summed E-state index contributed by atoms with van der Waals surface area (Å²) < 4.78 is 10.8. The third-order valence-corrected chi connectivity index (χ3v) is 2.54. The molecule has 0 aromatic heterocycles. The number of aliphatic carboxylic acids is 1. The summed E-state index contributed by atoms with van der Waals surface area (Å²) in [6, 6.07) is 7.05. The average Bonchev–Trinajstić information content (AvgIpc) is 2.30. The highest BCUT2D eigenvalue weighted by atomic mass is 16.5. The van der Waals surface area contributed by atoms with Crippen molar-refractivity contribution in [1.29, 1.82) is 0 Å². The Balaban J connectivity index is 3.22. The van der Waals surface area contributed by atoms with E-state index in [0.717, 1.165) is 0 Å². The van der Waals surface area contributed by atoms with Gasteiger partial charge >= 0.3 is 5.97 Å². The molecule has 1 aromatic carbocycles. The van der Waals surface area contributed by atoms with E-state index in [1.807, 2.05) is 13.0 Å². The number of carboxylic acid groups (broad SMARTS) is 1. The van der Waals surface area contributed by atoms with E-state index in [2.05, 4.69) is 0 Å². The summed E-state index contributed by atoms with van der Waals surface area (Å²) in [7, 11) is 0. The summed E-state index contributed by atoms with van der Waals surface area (Å²) in [6.07, 6.45) is 0. The van der Waals surface area contributed by atoms with Crippen LogP contribution in [0.4, 0.5) is 0 Å². The van der Waals surface area contributed by atoms with Gasteiger partial charge in [0.2, 0.25) is 0 Å². The Morgan fingerprint density at radius 1 is 1.29 bits per heavy atom. The SMILES string of the molecule is CCOc1ccccc1[C@](C)(OCC)C(=O)O. The first kappa shape index (κ1) is 13.5. The lowest BCUT2D eigenvalue weighted by Crippen LogP contribution is -2.36. The van der Waals surface area contributed by atoms with Crippen LogP contribution in [0.3, 0.4) is 0 Å². The molecule has 1 atom stereocenters. The van der Waals surface area contributed by atoms with Gasteiger partial charge in [0.1, 0.15) is 5.75 Å². The maximum Gasteiger partial charge on any atom is 0.340 e. The van der Waals surface area contributed by atoms with Crippen LogP contribution in [0.5, 0.6) is 5.75 Å². The van der Waals surface area contributed by atoms with E-state index in [0.29, 0.717) is 24.5 Å². The van der Waals surface area contributed by atoms with Gasteiger partial charge in [-0.25, -0.2) is 4.79 Å². The van der Waals surface area contributed by atoms with Crippen LogP contribution in [0, 0.1) is 0 Å². The molecule has 17 heavy (non-hydrogen) atoms. The van der Waals surface area contributed by atoms with Gasteiger partial charge < -0.3 is 14.6 Å². The summed E-state index contributed by atoms with van der Waals surface area (Å²) in [5.74, 6) is -0.472. The van der Waals surface area contributed by atoms with Crippen molar-refractivity contribution in [3.8, 4) is 5.75 Å². The van der Waals surface area contributed by atoms with Crippen molar-refractivity contribution < 1.29 is 19.4 Å². The molecule has 4 nitrogen and oxygen atoms in total. The minimum Gasteiger partial charge on any atom is -0.493 e. The van der Waals surface area contributed by atoms with Gasteiger partial charge in [-0.1, -0.05) is 18.2 Å². The minimum absolute atomic E-state index is 0.323. The summed E-state index contributed by atoms with van der Waals surface area (Å²) >= 11 is 0. The fourth-order valence-electron chi connectivity index (χ4n) is 1.69. The van der Waals surface area contributed by atoms with Crippen molar-refractivity contribution in [2.24, 2.45) is 0 Å². The number of carbonyl (C=O) groups is 1. The summed E-state index contributed by atoms with van der Waals surface area (Å²) in [5, 5.41) is 9.33. The molecule has 0 aliphatic rings. The molecule has 0 radical (unpaired) electrons.